The van der Waals surface area contributed by atoms with Crippen molar-refractivity contribution >= 4 is 33.9 Å². The van der Waals surface area contributed by atoms with Crippen LogP contribution in [0.3, 0.4) is 0 Å². The van der Waals surface area contributed by atoms with E-state index < -0.39 is 0 Å². The molecule has 19 heavy (non-hydrogen) atoms. The van der Waals surface area contributed by atoms with E-state index in [1.807, 2.05) is 11.3 Å². The van der Waals surface area contributed by atoms with Crippen molar-refractivity contribution in [3.63, 3.8) is 0 Å². The van der Waals surface area contributed by atoms with Gasteiger partial charge in [0.15, 0.2) is 0 Å². The van der Waals surface area contributed by atoms with Crippen molar-refractivity contribution in [1.29, 1.82) is 0 Å². The highest BCUT2D eigenvalue weighted by Gasteiger charge is 2.24. The van der Waals surface area contributed by atoms with Gasteiger partial charge in [0.25, 0.3) is 0 Å². The zero-order valence-corrected chi connectivity index (χ0v) is 13.8. The summed E-state index contributed by atoms with van der Waals surface area (Å²) in [6, 6.07) is 12.7. The molecule has 4 heteroatoms. The van der Waals surface area contributed by atoms with Crippen LogP contribution in [-0.4, -0.2) is 18.0 Å². The van der Waals surface area contributed by atoms with Gasteiger partial charge in [0.1, 0.15) is 11.9 Å². The second kappa shape index (κ2) is 5.81. The van der Waals surface area contributed by atoms with Gasteiger partial charge in [0.05, 0.1) is 2.88 Å². The molecule has 2 aromatic rings. The van der Waals surface area contributed by atoms with Crippen LogP contribution in [0, 0.1) is 2.88 Å². The number of benzene rings is 1. The Kier molecular flexibility index (Phi) is 4.10. The predicted octanol–water partition coefficient (Wildman–Crippen LogP) is 4.31. The Balaban J connectivity index is 1.94. The molecule has 1 aliphatic heterocycles. The van der Waals surface area contributed by atoms with Gasteiger partial charge in [-0.1, -0.05) is 25.1 Å². The number of rotatable bonds is 2. The first-order valence-electron chi connectivity index (χ1n) is 6.48. The van der Waals surface area contributed by atoms with E-state index >= 15 is 0 Å². The van der Waals surface area contributed by atoms with Crippen LogP contribution in [0.1, 0.15) is 23.5 Å². The zero-order valence-electron chi connectivity index (χ0n) is 10.8. The van der Waals surface area contributed by atoms with Crippen molar-refractivity contribution in [1.82, 2.24) is 4.90 Å². The fourth-order valence-corrected chi connectivity index (χ4v) is 4.06. The molecule has 3 rings (SSSR count). The molecule has 1 atom stereocenters. The first kappa shape index (κ1) is 13.4. The monoisotopic (exact) mass is 385 g/mol. The molecule has 0 bridgehead atoms. The third-order valence-electron chi connectivity index (χ3n) is 3.42. The molecule has 0 N–H and O–H groups in total. The van der Waals surface area contributed by atoms with Crippen molar-refractivity contribution in [3.8, 4) is 5.75 Å². The molecule has 0 amide bonds. The lowest BCUT2D eigenvalue weighted by molar-refractivity contribution is 0.155. The summed E-state index contributed by atoms with van der Waals surface area (Å²) in [5.41, 5.74) is 1.29. The normalized spacial score (nSPS) is 19.6. The molecule has 0 saturated carbocycles. The summed E-state index contributed by atoms with van der Waals surface area (Å²) in [6.45, 7) is 5.20. The fraction of sp³-hybridized carbons (Fsp3) is 0.333. The van der Waals surface area contributed by atoms with E-state index in [2.05, 4.69) is 70.8 Å². The van der Waals surface area contributed by atoms with E-state index in [9.17, 15) is 0 Å². The van der Waals surface area contributed by atoms with Gasteiger partial charge in [0, 0.05) is 23.5 Å². The van der Waals surface area contributed by atoms with Crippen LogP contribution in [-0.2, 0) is 6.54 Å². The Bertz CT molecular complexity index is 569. The van der Waals surface area contributed by atoms with Gasteiger partial charge >= 0.3 is 0 Å². The summed E-state index contributed by atoms with van der Waals surface area (Å²) in [4.78, 5) is 3.77. The highest BCUT2D eigenvalue weighted by Crippen LogP contribution is 2.34. The molecule has 0 radical (unpaired) electrons. The molecule has 1 aliphatic rings. The van der Waals surface area contributed by atoms with Crippen LogP contribution in [0.25, 0.3) is 0 Å². The molecule has 0 saturated heterocycles. The van der Waals surface area contributed by atoms with Crippen molar-refractivity contribution in [2.45, 2.75) is 19.6 Å². The lowest BCUT2D eigenvalue weighted by Gasteiger charge is -2.21. The van der Waals surface area contributed by atoms with E-state index in [0.717, 1.165) is 25.4 Å². The smallest absolute Gasteiger partial charge is 0.145 e. The number of para-hydroxylation sites is 1. The molecule has 100 valence electrons. The molecule has 0 spiro atoms. The number of thiophene rings is 1. The number of hydrogen-bond donors (Lipinski definition) is 0. The number of nitrogens with zero attached hydrogens (tertiary/aromatic N) is 1. The second-order valence-electron chi connectivity index (χ2n) is 4.68. The Morgan fingerprint density at radius 3 is 2.89 bits per heavy atom. The van der Waals surface area contributed by atoms with Crippen LogP contribution in [0.15, 0.2) is 36.4 Å². The van der Waals surface area contributed by atoms with Crippen LogP contribution < -0.4 is 4.74 Å². The number of hydrogen-bond acceptors (Lipinski definition) is 3. The number of fused-ring (bicyclic) bond motifs is 1. The summed E-state index contributed by atoms with van der Waals surface area (Å²) in [5.74, 6) is 1.03. The molecule has 2 heterocycles. The topological polar surface area (TPSA) is 12.5 Å². The van der Waals surface area contributed by atoms with Gasteiger partial charge in [-0.2, -0.15) is 0 Å². The first-order valence-corrected chi connectivity index (χ1v) is 8.38. The minimum Gasteiger partial charge on any atom is -0.483 e. The zero-order chi connectivity index (χ0) is 13.2. The predicted molar refractivity (Wildman–Crippen MR) is 87.8 cm³/mol. The van der Waals surface area contributed by atoms with Gasteiger partial charge in [-0.15, -0.1) is 11.3 Å². The SMILES string of the molecule is CCN1Cc2ccccc2OC(c2ccc(I)s2)C1. The van der Waals surface area contributed by atoms with E-state index in [0.29, 0.717) is 0 Å². The lowest BCUT2D eigenvalue weighted by atomic mass is 10.2. The van der Waals surface area contributed by atoms with E-state index in [1.54, 1.807) is 0 Å². The van der Waals surface area contributed by atoms with E-state index in [1.165, 1.54) is 13.3 Å². The highest BCUT2D eigenvalue weighted by molar-refractivity contribution is 14.1. The van der Waals surface area contributed by atoms with Crippen molar-refractivity contribution in [2.75, 3.05) is 13.1 Å². The molecule has 0 fully saturated rings. The number of ether oxygens (including phenoxy) is 1. The number of halogens is 1. The molecule has 1 aromatic carbocycles. The molecule has 0 aliphatic carbocycles. The highest BCUT2D eigenvalue weighted by atomic mass is 127. The quantitative estimate of drug-likeness (QED) is 0.715. The van der Waals surface area contributed by atoms with Gasteiger partial charge in [0.2, 0.25) is 0 Å². The number of likely N-dealkylation sites (N-methyl/N-ethyl adjacent to an activating group) is 1. The fourth-order valence-electron chi connectivity index (χ4n) is 2.37. The Morgan fingerprint density at radius 2 is 2.16 bits per heavy atom. The lowest BCUT2D eigenvalue weighted by Crippen LogP contribution is -2.27. The largest absolute Gasteiger partial charge is 0.483 e. The molecule has 1 aromatic heterocycles. The summed E-state index contributed by atoms with van der Waals surface area (Å²) >= 11 is 4.20. The average molecular weight is 385 g/mol. The molecule has 2 nitrogen and oxygen atoms in total. The molecular weight excluding hydrogens is 369 g/mol. The van der Waals surface area contributed by atoms with Gasteiger partial charge in [-0.25, -0.2) is 0 Å². The van der Waals surface area contributed by atoms with Crippen LogP contribution in [0.2, 0.25) is 0 Å². The van der Waals surface area contributed by atoms with E-state index in [4.69, 9.17) is 4.74 Å². The van der Waals surface area contributed by atoms with Crippen molar-refractivity contribution in [3.05, 3.63) is 49.7 Å². The maximum absolute atomic E-state index is 6.25. The summed E-state index contributed by atoms with van der Waals surface area (Å²) < 4.78 is 7.57. The molecule has 1 unspecified atom stereocenters. The Morgan fingerprint density at radius 1 is 1.32 bits per heavy atom. The summed E-state index contributed by atoms with van der Waals surface area (Å²) in [5, 5.41) is 0. The maximum atomic E-state index is 6.25. The van der Waals surface area contributed by atoms with E-state index in [-0.39, 0.29) is 6.10 Å². The van der Waals surface area contributed by atoms with Gasteiger partial charge in [-0.3, -0.25) is 4.90 Å². The summed E-state index contributed by atoms with van der Waals surface area (Å²) in [6.07, 6.45) is 0.150. The van der Waals surface area contributed by atoms with Gasteiger partial charge in [-0.05, 0) is 47.3 Å². The van der Waals surface area contributed by atoms with Crippen molar-refractivity contribution in [2.24, 2.45) is 0 Å². The Labute approximate surface area is 131 Å². The minimum atomic E-state index is 0.150. The van der Waals surface area contributed by atoms with Crippen molar-refractivity contribution < 1.29 is 4.74 Å². The summed E-state index contributed by atoms with van der Waals surface area (Å²) in [7, 11) is 0. The van der Waals surface area contributed by atoms with Crippen LogP contribution >= 0.6 is 33.9 Å². The minimum absolute atomic E-state index is 0.150. The first-order chi connectivity index (χ1) is 9.26. The standard InChI is InChI=1S/C15H16INOS/c1-2-17-9-11-5-3-4-6-12(11)18-13(10-17)14-7-8-15(16)19-14/h3-8,13H,2,9-10H2,1H3. The van der Waals surface area contributed by atoms with Crippen LogP contribution in [0.4, 0.5) is 0 Å². The second-order valence-corrected chi connectivity index (χ2v) is 7.69. The van der Waals surface area contributed by atoms with Crippen LogP contribution in [0.5, 0.6) is 5.75 Å². The Hall–Kier alpha value is -0.590. The third-order valence-corrected chi connectivity index (χ3v) is 5.40. The van der Waals surface area contributed by atoms with Gasteiger partial charge < -0.3 is 4.74 Å². The third kappa shape index (κ3) is 2.95. The maximum Gasteiger partial charge on any atom is 0.145 e. The molecular formula is C15H16INOS. The average Bonchev–Trinajstić information content (AvgIpc) is 2.75.